The van der Waals surface area contributed by atoms with E-state index in [9.17, 15) is 8.42 Å². The van der Waals surface area contributed by atoms with Crippen molar-refractivity contribution in [1.29, 1.82) is 0 Å². The van der Waals surface area contributed by atoms with E-state index in [0.717, 1.165) is 10.7 Å². The Morgan fingerprint density at radius 3 is 2.60 bits per heavy atom. The number of anilines is 1. The fraction of sp³-hybridized carbons (Fsp3) is 0.300. The van der Waals surface area contributed by atoms with Gasteiger partial charge in [-0.1, -0.05) is 0 Å². The van der Waals surface area contributed by atoms with Gasteiger partial charge in [-0.2, -0.15) is 0 Å². The molecule has 10 heteroatoms. The van der Waals surface area contributed by atoms with Crippen molar-refractivity contribution in [2.24, 2.45) is 5.84 Å². The molecule has 0 radical (unpaired) electrons. The molecule has 108 valence electrons. The van der Waals surface area contributed by atoms with Gasteiger partial charge < -0.3 is 0 Å². The topological polar surface area (TPSA) is 123 Å². The maximum absolute atomic E-state index is 12.0. The normalized spacial score (nSPS) is 11.5. The number of nitrogens with one attached hydrogen (secondary N) is 2. The standard InChI is InChI=1S/C10H14N6O2S2/c1-7-15-8(6-19-7)2-3-14-20(17,18)9-4-12-10(16-11)13-5-9/h4-6,14H,2-3,11H2,1H3,(H,12,13,16). The van der Waals surface area contributed by atoms with Crippen LogP contribution in [0.5, 0.6) is 0 Å². The number of nitrogens with zero attached hydrogens (tertiary/aromatic N) is 3. The molecule has 2 aromatic heterocycles. The fourth-order valence-corrected chi connectivity index (χ4v) is 3.02. The highest BCUT2D eigenvalue weighted by Crippen LogP contribution is 2.09. The summed E-state index contributed by atoms with van der Waals surface area (Å²) >= 11 is 1.54. The van der Waals surface area contributed by atoms with Crippen molar-refractivity contribution in [1.82, 2.24) is 19.7 Å². The Hall–Kier alpha value is -1.62. The quantitative estimate of drug-likeness (QED) is 0.508. The van der Waals surface area contributed by atoms with E-state index in [0.29, 0.717) is 6.42 Å². The minimum atomic E-state index is -3.62. The molecule has 20 heavy (non-hydrogen) atoms. The molecule has 0 saturated carbocycles. The highest BCUT2D eigenvalue weighted by atomic mass is 32.2. The molecule has 0 aromatic carbocycles. The number of nitrogen functional groups attached to an aromatic ring is 1. The molecule has 0 aliphatic carbocycles. The molecule has 0 aliphatic heterocycles. The van der Waals surface area contributed by atoms with Crippen LogP contribution in [0.15, 0.2) is 22.7 Å². The van der Waals surface area contributed by atoms with Crippen molar-refractivity contribution in [3.8, 4) is 0 Å². The van der Waals surface area contributed by atoms with Gasteiger partial charge in [0.2, 0.25) is 16.0 Å². The number of hydrazine groups is 1. The Kier molecular flexibility index (Phi) is 4.60. The lowest BCUT2D eigenvalue weighted by Crippen LogP contribution is -2.26. The first kappa shape index (κ1) is 14.8. The average Bonchev–Trinajstić information content (AvgIpc) is 2.84. The predicted octanol–water partition coefficient (Wildman–Crippen LogP) is 0.0481. The van der Waals surface area contributed by atoms with Gasteiger partial charge >= 0.3 is 0 Å². The summed E-state index contributed by atoms with van der Waals surface area (Å²) in [6, 6.07) is 0. The van der Waals surface area contributed by atoms with Crippen molar-refractivity contribution < 1.29 is 8.42 Å². The third-order valence-corrected chi connectivity index (χ3v) is 4.65. The molecule has 8 nitrogen and oxygen atoms in total. The molecular formula is C10H14N6O2S2. The first-order valence-electron chi connectivity index (χ1n) is 5.70. The number of hydrogen-bond donors (Lipinski definition) is 3. The molecule has 0 spiro atoms. The zero-order valence-electron chi connectivity index (χ0n) is 10.7. The molecule has 4 N–H and O–H groups in total. The monoisotopic (exact) mass is 314 g/mol. The second-order valence-corrected chi connectivity index (χ2v) is 6.72. The number of sulfonamides is 1. The van der Waals surface area contributed by atoms with E-state index in [-0.39, 0.29) is 17.4 Å². The van der Waals surface area contributed by atoms with E-state index in [1.165, 1.54) is 23.7 Å². The number of rotatable bonds is 6. The summed E-state index contributed by atoms with van der Waals surface area (Å²) < 4.78 is 26.4. The van der Waals surface area contributed by atoms with Crippen molar-refractivity contribution in [2.75, 3.05) is 12.0 Å². The van der Waals surface area contributed by atoms with Gasteiger partial charge in [0, 0.05) is 18.3 Å². The Morgan fingerprint density at radius 1 is 1.35 bits per heavy atom. The first-order valence-corrected chi connectivity index (χ1v) is 8.07. The van der Waals surface area contributed by atoms with Crippen LogP contribution in [0.3, 0.4) is 0 Å². The molecule has 2 rings (SSSR count). The molecule has 0 amide bonds. The van der Waals surface area contributed by atoms with Gasteiger partial charge in [-0.25, -0.2) is 33.9 Å². The lowest BCUT2D eigenvalue weighted by Gasteiger charge is -2.05. The summed E-state index contributed by atoms with van der Waals surface area (Å²) in [5.41, 5.74) is 3.10. The third kappa shape index (κ3) is 3.70. The molecule has 0 saturated heterocycles. The van der Waals surface area contributed by atoms with E-state index >= 15 is 0 Å². The van der Waals surface area contributed by atoms with E-state index in [1.54, 1.807) is 0 Å². The summed E-state index contributed by atoms with van der Waals surface area (Å²) in [6.45, 7) is 2.17. The van der Waals surface area contributed by atoms with E-state index in [1.807, 2.05) is 12.3 Å². The van der Waals surface area contributed by atoms with Crippen LogP contribution < -0.4 is 16.0 Å². The molecule has 0 bridgehead atoms. The predicted molar refractivity (Wildman–Crippen MR) is 75.6 cm³/mol. The van der Waals surface area contributed by atoms with Gasteiger partial charge in [0.05, 0.1) is 23.1 Å². The van der Waals surface area contributed by atoms with Crippen LogP contribution in [0, 0.1) is 6.92 Å². The summed E-state index contributed by atoms with van der Waals surface area (Å²) in [4.78, 5) is 11.8. The van der Waals surface area contributed by atoms with Crippen molar-refractivity contribution in [3.05, 3.63) is 28.5 Å². The van der Waals surface area contributed by atoms with Crippen LogP contribution in [0.25, 0.3) is 0 Å². The molecule has 0 aliphatic rings. The first-order chi connectivity index (χ1) is 9.51. The van der Waals surface area contributed by atoms with Gasteiger partial charge in [-0.05, 0) is 6.92 Å². The van der Waals surface area contributed by atoms with Crippen molar-refractivity contribution in [3.63, 3.8) is 0 Å². The zero-order chi connectivity index (χ0) is 14.6. The average molecular weight is 314 g/mol. The van der Waals surface area contributed by atoms with Gasteiger partial charge in [0.15, 0.2) is 0 Å². The Morgan fingerprint density at radius 2 is 2.05 bits per heavy atom. The number of hydrogen-bond acceptors (Lipinski definition) is 8. The van der Waals surface area contributed by atoms with E-state index in [4.69, 9.17) is 5.84 Å². The molecule has 0 atom stereocenters. The number of aromatic nitrogens is 3. The Labute approximate surface area is 120 Å². The Bertz CT molecular complexity index is 667. The van der Waals surface area contributed by atoms with Gasteiger partial charge in [0.1, 0.15) is 4.90 Å². The maximum Gasteiger partial charge on any atom is 0.243 e. The fourth-order valence-electron chi connectivity index (χ4n) is 1.45. The summed E-state index contributed by atoms with van der Waals surface area (Å²) in [5.74, 6) is 5.26. The number of thiazole rings is 1. The minimum Gasteiger partial charge on any atom is -0.292 e. The van der Waals surface area contributed by atoms with Gasteiger partial charge in [0.25, 0.3) is 0 Å². The number of aryl methyl sites for hydroxylation is 1. The maximum atomic E-state index is 12.0. The van der Waals surface area contributed by atoms with Gasteiger partial charge in [-0.3, -0.25) is 5.43 Å². The Balaban J connectivity index is 1.96. The molecule has 0 fully saturated rings. The molecule has 2 heterocycles. The summed E-state index contributed by atoms with van der Waals surface area (Å²) in [6.07, 6.45) is 2.92. The van der Waals surface area contributed by atoms with Crippen molar-refractivity contribution >= 4 is 27.3 Å². The SMILES string of the molecule is Cc1nc(CCNS(=O)(=O)c2cnc(NN)nc2)cs1. The third-order valence-electron chi connectivity index (χ3n) is 2.41. The van der Waals surface area contributed by atoms with Crippen LogP contribution in [0.2, 0.25) is 0 Å². The minimum absolute atomic E-state index is 0.00837. The van der Waals surface area contributed by atoms with E-state index in [2.05, 4.69) is 25.1 Å². The summed E-state index contributed by atoms with van der Waals surface area (Å²) in [7, 11) is -3.62. The molecule has 2 aromatic rings. The molecule has 0 unspecified atom stereocenters. The number of nitrogens with two attached hydrogens (primary N) is 1. The van der Waals surface area contributed by atoms with Crippen LogP contribution >= 0.6 is 11.3 Å². The lowest BCUT2D eigenvalue weighted by molar-refractivity contribution is 0.580. The summed E-state index contributed by atoms with van der Waals surface area (Å²) in [5, 5.41) is 2.87. The molecular weight excluding hydrogens is 300 g/mol. The highest BCUT2D eigenvalue weighted by molar-refractivity contribution is 7.89. The smallest absolute Gasteiger partial charge is 0.243 e. The van der Waals surface area contributed by atoms with E-state index < -0.39 is 10.0 Å². The largest absolute Gasteiger partial charge is 0.292 e. The van der Waals surface area contributed by atoms with Crippen LogP contribution in [-0.4, -0.2) is 29.9 Å². The van der Waals surface area contributed by atoms with Gasteiger partial charge in [-0.15, -0.1) is 11.3 Å². The second kappa shape index (κ2) is 6.22. The second-order valence-electron chi connectivity index (χ2n) is 3.89. The van der Waals surface area contributed by atoms with Crippen molar-refractivity contribution in [2.45, 2.75) is 18.2 Å². The van der Waals surface area contributed by atoms with Crippen LogP contribution in [-0.2, 0) is 16.4 Å². The lowest BCUT2D eigenvalue weighted by atomic mass is 10.3. The van der Waals surface area contributed by atoms with Crippen LogP contribution in [0.1, 0.15) is 10.7 Å². The van der Waals surface area contributed by atoms with Crippen LogP contribution in [0.4, 0.5) is 5.95 Å². The zero-order valence-corrected chi connectivity index (χ0v) is 12.3. The highest BCUT2D eigenvalue weighted by Gasteiger charge is 2.14.